The average Bonchev–Trinajstić information content (AvgIpc) is 3.06. The van der Waals surface area contributed by atoms with Gasteiger partial charge < -0.3 is 14.6 Å². The largest absolute Gasteiger partial charge is 0.497 e. The predicted octanol–water partition coefficient (Wildman–Crippen LogP) is 4.17. The molecule has 0 aliphatic heterocycles. The fourth-order valence-corrected chi connectivity index (χ4v) is 2.64. The molecule has 0 atom stereocenters. The quantitative estimate of drug-likeness (QED) is 0.614. The molecule has 2 heterocycles. The zero-order valence-electron chi connectivity index (χ0n) is 13.2. The molecule has 0 saturated carbocycles. The van der Waals surface area contributed by atoms with Crippen LogP contribution in [0.5, 0.6) is 5.75 Å². The maximum atomic E-state index is 5.28. The van der Waals surface area contributed by atoms with Crippen molar-refractivity contribution in [2.75, 3.05) is 12.4 Å². The van der Waals surface area contributed by atoms with E-state index in [1.165, 1.54) is 0 Å². The van der Waals surface area contributed by atoms with Crippen LogP contribution < -0.4 is 10.1 Å². The lowest BCUT2D eigenvalue weighted by Gasteiger charge is -2.08. The number of hydrogen-bond donors (Lipinski definition) is 1. The molecule has 2 aromatic heterocycles. The highest BCUT2D eigenvalue weighted by Crippen LogP contribution is 2.24. The summed E-state index contributed by atoms with van der Waals surface area (Å²) in [4.78, 5) is 8.91. The molecule has 0 amide bonds. The van der Waals surface area contributed by atoms with Crippen LogP contribution in [-0.2, 0) is 0 Å². The number of anilines is 2. The van der Waals surface area contributed by atoms with Crippen LogP contribution >= 0.6 is 0 Å². The third kappa shape index (κ3) is 2.67. The molecule has 0 aliphatic carbocycles. The second kappa shape index (κ2) is 6.04. The van der Waals surface area contributed by atoms with E-state index in [2.05, 4.69) is 15.3 Å². The number of para-hydroxylation sites is 1. The Bertz CT molecular complexity index is 979. The van der Waals surface area contributed by atoms with Gasteiger partial charge in [-0.2, -0.15) is 4.98 Å². The summed E-state index contributed by atoms with van der Waals surface area (Å²) in [5.41, 5.74) is 2.02. The molecule has 0 unspecified atom stereocenters. The zero-order valence-corrected chi connectivity index (χ0v) is 13.2. The first kappa shape index (κ1) is 14.3. The summed E-state index contributed by atoms with van der Waals surface area (Å²) < 4.78 is 7.31. The van der Waals surface area contributed by atoms with Gasteiger partial charge in [-0.15, -0.1) is 0 Å². The first-order chi connectivity index (χ1) is 11.8. The van der Waals surface area contributed by atoms with Gasteiger partial charge in [0.15, 0.2) is 0 Å². The van der Waals surface area contributed by atoms with Crippen molar-refractivity contribution in [3.8, 4) is 11.6 Å². The Morgan fingerprint density at radius 3 is 2.71 bits per heavy atom. The molecule has 2 aromatic carbocycles. The summed E-state index contributed by atoms with van der Waals surface area (Å²) in [6.07, 6.45) is 3.75. The normalized spacial score (nSPS) is 10.7. The van der Waals surface area contributed by atoms with E-state index in [4.69, 9.17) is 4.74 Å². The number of nitrogens with zero attached hydrogens (tertiary/aromatic N) is 3. The fourth-order valence-electron chi connectivity index (χ4n) is 2.64. The Labute approximate surface area is 139 Å². The molecular weight excluding hydrogens is 300 g/mol. The van der Waals surface area contributed by atoms with Crippen molar-refractivity contribution < 1.29 is 4.74 Å². The molecule has 4 rings (SSSR count). The molecule has 5 nitrogen and oxygen atoms in total. The van der Waals surface area contributed by atoms with Crippen molar-refractivity contribution in [2.24, 2.45) is 0 Å². The van der Waals surface area contributed by atoms with Crippen molar-refractivity contribution in [3.63, 3.8) is 0 Å². The third-order valence-electron chi connectivity index (χ3n) is 3.82. The van der Waals surface area contributed by atoms with Gasteiger partial charge in [0.25, 0.3) is 0 Å². The van der Waals surface area contributed by atoms with Gasteiger partial charge in [-0.05, 0) is 42.5 Å². The molecule has 5 heteroatoms. The van der Waals surface area contributed by atoms with Gasteiger partial charge in [-0.1, -0.05) is 18.2 Å². The Hall–Kier alpha value is -3.34. The lowest BCUT2D eigenvalue weighted by Crippen LogP contribution is -2.01. The van der Waals surface area contributed by atoms with Crippen LogP contribution in [0.15, 0.2) is 73.1 Å². The number of nitrogens with one attached hydrogen (secondary N) is 1. The first-order valence-electron chi connectivity index (χ1n) is 7.64. The number of hydrogen-bond acceptors (Lipinski definition) is 4. The highest BCUT2D eigenvalue weighted by molar-refractivity contribution is 5.83. The van der Waals surface area contributed by atoms with Crippen LogP contribution in [-0.4, -0.2) is 21.6 Å². The minimum Gasteiger partial charge on any atom is -0.497 e. The topological polar surface area (TPSA) is 52.0 Å². The monoisotopic (exact) mass is 316 g/mol. The van der Waals surface area contributed by atoms with Crippen LogP contribution in [0.4, 0.5) is 11.6 Å². The van der Waals surface area contributed by atoms with Crippen molar-refractivity contribution in [2.45, 2.75) is 0 Å². The lowest BCUT2D eigenvalue weighted by molar-refractivity contribution is 0.415. The summed E-state index contributed by atoms with van der Waals surface area (Å²) >= 11 is 0. The number of ether oxygens (including phenoxy) is 1. The smallest absolute Gasteiger partial charge is 0.229 e. The molecule has 0 spiro atoms. The van der Waals surface area contributed by atoms with Crippen LogP contribution in [0.1, 0.15) is 0 Å². The third-order valence-corrected chi connectivity index (χ3v) is 3.82. The summed E-state index contributed by atoms with van der Waals surface area (Å²) in [5.74, 6) is 2.21. The standard InChI is InChI=1S/C19H16N4O/c1-24-16-7-8-17-14(13-16)10-12-23(17)18-9-11-20-19(22-18)21-15-5-3-2-4-6-15/h2-13H,1H3,(H,20,21,22). The van der Waals surface area contributed by atoms with Crippen molar-refractivity contribution >= 4 is 22.5 Å². The Kier molecular flexibility index (Phi) is 3.59. The highest BCUT2D eigenvalue weighted by atomic mass is 16.5. The van der Waals surface area contributed by atoms with Crippen LogP contribution in [0.25, 0.3) is 16.7 Å². The molecule has 0 saturated heterocycles. The molecule has 4 aromatic rings. The minimum absolute atomic E-state index is 0.564. The minimum atomic E-state index is 0.564. The molecule has 24 heavy (non-hydrogen) atoms. The summed E-state index contributed by atoms with van der Waals surface area (Å²) in [6.45, 7) is 0. The van der Waals surface area contributed by atoms with Gasteiger partial charge in [-0.3, -0.25) is 0 Å². The van der Waals surface area contributed by atoms with E-state index in [-0.39, 0.29) is 0 Å². The number of aromatic nitrogens is 3. The number of methoxy groups -OCH3 is 1. The molecule has 118 valence electrons. The van der Waals surface area contributed by atoms with Crippen LogP contribution in [0.3, 0.4) is 0 Å². The fraction of sp³-hybridized carbons (Fsp3) is 0.0526. The van der Waals surface area contributed by atoms with Crippen LogP contribution in [0, 0.1) is 0 Å². The van der Waals surface area contributed by atoms with Gasteiger partial charge >= 0.3 is 0 Å². The molecule has 1 N–H and O–H groups in total. The maximum absolute atomic E-state index is 5.28. The van der Waals surface area contributed by atoms with E-state index < -0.39 is 0 Å². The molecule has 0 radical (unpaired) electrons. The van der Waals surface area contributed by atoms with E-state index in [1.807, 2.05) is 71.4 Å². The molecular formula is C19H16N4O. The zero-order chi connectivity index (χ0) is 16.4. The average molecular weight is 316 g/mol. The number of benzene rings is 2. The van der Waals surface area contributed by atoms with Gasteiger partial charge in [0, 0.05) is 23.5 Å². The summed E-state index contributed by atoms with van der Waals surface area (Å²) in [6, 6.07) is 19.8. The number of rotatable bonds is 4. The Balaban J connectivity index is 1.71. The van der Waals surface area contributed by atoms with Gasteiger partial charge in [-0.25, -0.2) is 4.98 Å². The summed E-state index contributed by atoms with van der Waals surface area (Å²) in [7, 11) is 1.67. The van der Waals surface area contributed by atoms with E-state index in [9.17, 15) is 0 Å². The van der Waals surface area contributed by atoms with E-state index in [0.29, 0.717) is 5.95 Å². The Morgan fingerprint density at radius 2 is 1.88 bits per heavy atom. The summed E-state index contributed by atoms with van der Waals surface area (Å²) in [5, 5.41) is 4.32. The second-order valence-corrected chi connectivity index (χ2v) is 5.34. The number of fused-ring (bicyclic) bond motifs is 1. The Morgan fingerprint density at radius 1 is 1.00 bits per heavy atom. The maximum Gasteiger partial charge on any atom is 0.229 e. The van der Waals surface area contributed by atoms with Crippen molar-refractivity contribution in [3.05, 3.63) is 73.1 Å². The van der Waals surface area contributed by atoms with Gasteiger partial charge in [0.1, 0.15) is 11.6 Å². The highest BCUT2D eigenvalue weighted by Gasteiger charge is 2.07. The predicted molar refractivity (Wildman–Crippen MR) is 95.1 cm³/mol. The molecule has 0 aliphatic rings. The van der Waals surface area contributed by atoms with Crippen LogP contribution in [0.2, 0.25) is 0 Å². The molecule has 0 fully saturated rings. The van der Waals surface area contributed by atoms with Crippen molar-refractivity contribution in [1.29, 1.82) is 0 Å². The first-order valence-corrected chi connectivity index (χ1v) is 7.64. The van der Waals surface area contributed by atoms with Gasteiger partial charge in [0.05, 0.1) is 12.6 Å². The molecule has 0 bridgehead atoms. The SMILES string of the molecule is COc1ccc2c(ccn2-c2ccnc(Nc3ccccc3)n2)c1. The van der Waals surface area contributed by atoms with Crippen molar-refractivity contribution in [1.82, 2.24) is 14.5 Å². The van der Waals surface area contributed by atoms with E-state index >= 15 is 0 Å². The second-order valence-electron chi connectivity index (χ2n) is 5.34. The van der Waals surface area contributed by atoms with Gasteiger partial charge in [0.2, 0.25) is 5.95 Å². The lowest BCUT2D eigenvalue weighted by atomic mass is 10.2. The van der Waals surface area contributed by atoms with E-state index in [0.717, 1.165) is 28.2 Å². The van der Waals surface area contributed by atoms with E-state index in [1.54, 1.807) is 13.3 Å².